The fourth-order valence-electron chi connectivity index (χ4n) is 4.50. The van der Waals surface area contributed by atoms with Crippen molar-refractivity contribution in [1.29, 1.82) is 0 Å². The standard InChI is InChI=1S/C26H22N2O6/c1-31-16-10-8-15(9-11-16)23-22(24(29)18-13-12-17(32-2)14-21(18)33-3)26(34-28-23)19-6-4-5-7-20(19)27-25(26)30/h4-14,22H,1-3H3,(H,27,30)/t22-,26+/m0/s1. The summed E-state index contributed by atoms with van der Waals surface area (Å²) < 4.78 is 16.0. The molecule has 1 amide bonds. The van der Waals surface area contributed by atoms with Gasteiger partial charge in [0.05, 0.1) is 26.9 Å². The number of carbonyl (C=O) groups is 2. The second kappa shape index (κ2) is 8.22. The first-order valence-corrected chi connectivity index (χ1v) is 10.6. The number of ketones is 1. The van der Waals surface area contributed by atoms with Gasteiger partial charge in [-0.1, -0.05) is 23.4 Å². The Morgan fingerprint density at radius 1 is 0.941 bits per heavy atom. The van der Waals surface area contributed by atoms with Crippen LogP contribution in [0.4, 0.5) is 5.69 Å². The molecule has 3 aromatic rings. The van der Waals surface area contributed by atoms with Crippen LogP contribution in [0.5, 0.6) is 17.2 Å². The summed E-state index contributed by atoms with van der Waals surface area (Å²) in [6, 6.07) is 19.2. The van der Waals surface area contributed by atoms with Gasteiger partial charge in [0, 0.05) is 22.9 Å². The monoisotopic (exact) mass is 458 g/mol. The van der Waals surface area contributed by atoms with Crippen molar-refractivity contribution < 1.29 is 28.6 Å². The Morgan fingerprint density at radius 3 is 2.35 bits per heavy atom. The quantitative estimate of drug-likeness (QED) is 0.565. The Morgan fingerprint density at radius 2 is 1.65 bits per heavy atom. The molecule has 2 atom stereocenters. The van der Waals surface area contributed by atoms with E-state index in [0.29, 0.717) is 39.8 Å². The Hall–Kier alpha value is -4.33. The highest BCUT2D eigenvalue weighted by Gasteiger charge is 2.63. The molecule has 2 aliphatic rings. The Bertz CT molecular complexity index is 1320. The number of hydrogen-bond acceptors (Lipinski definition) is 7. The van der Waals surface area contributed by atoms with E-state index in [9.17, 15) is 9.59 Å². The second-order valence-corrected chi connectivity index (χ2v) is 7.90. The van der Waals surface area contributed by atoms with Crippen molar-refractivity contribution in [2.45, 2.75) is 5.60 Å². The van der Waals surface area contributed by atoms with Crippen molar-refractivity contribution in [2.75, 3.05) is 26.6 Å². The number of rotatable bonds is 6. The highest BCUT2D eigenvalue weighted by atomic mass is 16.7. The molecule has 8 heteroatoms. The Kier molecular flexibility index (Phi) is 5.20. The van der Waals surface area contributed by atoms with Crippen molar-refractivity contribution in [3.63, 3.8) is 0 Å². The molecular weight excluding hydrogens is 436 g/mol. The average molecular weight is 458 g/mol. The van der Waals surface area contributed by atoms with Gasteiger partial charge in [0.2, 0.25) is 0 Å². The molecule has 0 fully saturated rings. The van der Waals surface area contributed by atoms with Crippen molar-refractivity contribution >= 4 is 23.1 Å². The van der Waals surface area contributed by atoms with Crippen molar-refractivity contribution in [2.24, 2.45) is 11.1 Å². The lowest BCUT2D eigenvalue weighted by molar-refractivity contribution is -0.140. The van der Waals surface area contributed by atoms with Gasteiger partial charge >= 0.3 is 0 Å². The maximum atomic E-state index is 14.2. The number of methoxy groups -OCH3 is 3. The molecule has 0 unspecified atom stereocenters. The van der Waals surface area contributed by atoms with Crippen LogP contribution in [-0.2, 0) is 15.2 Å². The van der Waals surface area contributed by atoms with Gasteiger partial charge in [0.15, 0.2) is 5.78 Å². The molecular formula is C26H22N2O6. The predicted molar refractivity (Wildman–Crippen MR) is 125 cm³/mol. The first-order valence-electron chi connectivity index (χ1n) is 10.6. The molecule has 0 aliphatic carbocycles. The van der Waals surface area contributed by atoms with Gasteiger partial charge in [-0.25, -0.2) is 0 Å². The number of hydrogen-bond donors (Lipinski definition) is 1. The van der Waals surface area contributed by atoms with E-state index in [1.807, 2.05) is 6.07 Å². The number of nitrogens with zero attached hydrogens (tertiary/aromatic N) is 1. The van der Waals surface area contributed by atoms with E-state index in [-0.39, 0.29) is 11.3 Å². The Balaban J connectivity index is 1.68. The summed E-state index contributed by atoms with van der Waals surface area (Å²) in [5, 5.41) is 7.13. The molecule has 0 bridgehead atoms. The summed E-state index contributed by atoms with van der Waals surface area (Å²) in [6.07, 6.45) is 0. The highest BCUT2D eigenvalue weighted by molar-refractivity contribution is 6.25. The normalized spacial score (nSPS) is 20.3. The number of benzene rings is 3. The van der Waals surface area contributed by atoms with Crippen LogP contribution >= 0.6 is 0 Å². The van der Waals surface area contributed by atoms with Gasteiger partial charge in [0.1, 0.15) is 28.9 Å². The van der Waals surface area contributed by atoms with Crippen LogP contribution in [0, 0.1) is 5.92 Å². The summed E-state index contributed by atoms with van der Waals surface area (Å²) in [6.45, 7) is 0. The topological polar surface area (TPSA) is 95.5 Å². The number of anilines is 1. The third-order valence-electron chi connectivity index (χ3n) is 6.20. The SMILES string of the molecule is COc1ccc(C2=NO[C@@]3(C(=O)Nc4ccccc43)[C@@H]2C(=O)c2ccc(OC)cc2OC)cc1. The number of carbonyl (C=O) groups excluding carboxylic acids is 2. The van der Waals surface area contributed by atoms with Gasteiger partial charge in [-0.05, 0) is 42.5 Å². The second-order valence-electron chi connectivity index (χ2n) is 7.90. The molecule has 2 heterocycles. The molecule has 3 aromatic carbocycles. The van der Waals surface area contributed by atoms with Gasteiger partial charge < -0.3 is 24.4 Å². The number of oxime groups is 1. The zero-order valence-electron chi connectivity index (χ0n) is 18.8. The summed E-state index contributed by atoms with van der Waals surface area (Å²) in [5.74, 6) is -0.357. The highest BCUT2D eigenvalue weighted by Crippen LogP contribution is 2.50. The summed E-state index contributed by atoms with van der Waals surface area (Å²) >= 11 is 0. The molecule has 1 spiro atoms. The van der Waals surface area contributed by atoms with Gasteiger partial charge in [-0.15, -0.1) is 0 Å². The first-order chi connectivity index (χ1) is 16.5. The fraction of sp³-hybridized carbons (Fsp3) is 0.192. The van der Waals surface area contributed by atoms with Crippen LogP contribution in [0.2, 0.25) is 0 Å². The zero-order chi connectivity index (χ0) is 23.9. The van der Waals surface area contributed by atoms with Crippen LogP contribution in [-0.4, -0.2) is 38.7 Å². The zero-order valence-corrected chi connectivity index (χ0v) is 18.8. The third-order valence-corrected chi connectivity index (χ3v) is 6.20. The maximum Gasteiger partial charge on any atom is 0.277 e. The van der Waals surface area contributed by atoms with E-state index >= 15 is 0 Å². The molecule has 0 aromatic heterocycles. The summed E-state index contributed by atoms with van der Waals surface area (Å²) in [7, 11) is 4.58. The molecule has 2 aliphatic heterocycles. The first kappa shape index (κ1) is 21.5. The maximum absolute atomic E-state index is 14.2. The third kappa shape index (κ3) is 3.10. The largest absolute Gasteiger partial charge is 0.497 e. The van der Waals surface area contributed by atoms with E-state index in [0.717, 1.165) is 0 Å². The van der Waals surface area contributed by atoms with Crippen LogP contribution in [0.25, 0.3) is 0 Å². The number of ether oxygens (including phenoxy) is 3. The number of nitrogens with one attached hydrogen (secondary N) is 1. The van der Waals surface area contributed by atoms with E-state index in [4.69, 9.17) is 19.0 Å². The minimum atomic E-state index is -1.64. The van der Waals surface area contributed by atoms with Gasteiger partial charge in [-0.3, -0.25) is 9.59 Å². The van der Waals surface area contributed by atoms with E-state index in [1.165, 1.54) is 14.2 Å². The van der Waals surface area contributed by atoms with E-state index in [1.54, 1.807) is 67.8 Å². The molecule has 8 nitrogen and oxygen atoms in total. The summed E-state index contributed by atoms with van der Waals surface area (Å²) in [4.78, 5) is 33.5. The molecule has 1 N–H and O–H groups in total. The molecule has 0 saturated heterocycles. The molecule has 172 valence electrons. The average Bonchev–Trinajstić information content (AvgIpc) is 3.42. The predicted octanol–water partition coefficient (Wildman–Crippen LogP) is 3.79. The molecule has 5 rings (SSSR count). The lowest BCUT2D eigenvalue weighted by Crippen LogP contribution is -2.46. The van der Waals surface area contributed by atoms with Crippen LogP contribution in [0.3, 0.4) is 0 Å². The lowest BCUT2D eigenvalue weighted by Gasteiger charge is -2.27. The number of para-hydroxylation sites is 1. The van der Waals surface area contributed by atoms with E-state index < -0.39 is 17.4 Å². The number of fused-ring (bicyclic) bond motifs is 2. The lowest BCUT2D eigenvalue weighted by atomic mass is 9.74. The molecule has 0 radical (unpaired) electrons. The summed E-state index contributed by atoms with van der Waals surface area (Å²) in [5.41, 5.74) is 0.763. The number of amides is 1. The smallest absolute Gasteiger partial charge is 0.277 e. The van der Waals surface area contributed by atoms with Crippen LogP contribution < -0.4 is 19.5 Å². The minimum Gasteiger partial charge on any atom is -0.497 e. The van der Waals surface area contributed by atoms with Crippen molar-refractivity contribution in [3.8, 4) is 17.2 Å². The Labute approximate surface area is 196 Å². The fourth-order valence-corrected chi connectivity index (χ4v) is 4.50. The molecule has 0 saturated carbocycles. The van der Waals surface area contributed by atoms with E-state index in [2.05, 4.69) is 10.5 Å². The van der Waals surface area contributed by atoms with Crippen LogP contribution in [0.1, 0.15) is 21.5 Å². The molecule has 34 heavy (non-hydrogen) atoms. The van der Waals surface area contributed by atoms with Crippen LogP contribution in [0.15, 0.2) is 71.9 Å². The van der Waals surface area contributed by atoms with Gasteiger partial charge in [-0.2, -0.15) is 0 Å². The van der Waals surface area contributed by atoms with Crippen molar-refractivity contribution in [1.82, 2.24) is 0 Å². The minimum absolute atomic E-state index is 0.288. The van der Waals surface area contributed by atoms with Crippen molar-refractivity contribution in [3.05, 3.63) is 83.4 Å². The van der Waals surface area contributed by atoms with Gasteiger partial charge in [0.25, 0.3) is 11.5 Å². The number of Topliss-reactive ketones (excluding diaryl/α,β-unsaturated/α-hetero) is 1.